The average molecular weight is 376 g/mol. The summed E-state index contributed by atoms with van der Waals surface area (Å²) in [4.78, 5) is 16.3. The lowest BCUT2D eigenvalue weighted by Crippen LogP contribution is -2.11. The van der Waals surface area contributed by atoms with E-state index < -0.39 is 0 Å². The smallest absolute Gasteiger partial charge is 0.257 e. The molecule has 4 rings (SSSR count). The topological polar surface area (TPSA) is 85.6 Å². The first-order chi connectivity index (χ1) is 13.3. The van der Waals surface area contributed by atoms with Gasteiger partial charge in [0.1, 0.15) is 17.7 Å². The molecule has 0 radical (unpaired) electrons. The van der Waals surface area contributed by atoms with Crippen LogP contribution in [0.4, 0.5) is 5.13 Å². The molecule has 27 heavy (non-hydrogen) atoms. The van der Waals surface area contributed by atoms with E-state index in [0.717, 1.165) is 16.1 Å². The van der Waals surface area contributed by atoms with E-state index in [1.54, 1.807) is 23.1 Å². The Hall–Kier alpha value is -3.39. The fraction of sp³-hybridized carbons (Fsp3) is 0.105. The van der Waals surface area contributed by atoms with Gasteiger partial charge in [-0.2, -0.15) is 5.10 Å². The van der Waals surface area contributed by atoms with Crippen molar-refractivity contribution in [3.8, 4) is 0 Å². The second kappa shape index (κ2) is 7.88. The Kier molecular flexibility index (Phi) is 4.97. The van der Waals surface area contributed by atoms with Gasteiger partial charge in [0.15, 0.2) is 0 Å². The Labute approximate surface area is 159 Å². The van der Waals surface area contributed by atoms with Crippen molar-refractivity contribution in [2.45, 2.75) is 13.0 Å². The number of anilines is 1. The molecule has 0 aliphatic rings. The Morgan fingerprint density at radius 2 is 1.81 bits per heavy atom. The normalized spacial score (nSPS) is 10.7. The Balaban J connectivity index is 1.37. The van der Waals surface area contributed by atoms with Gasteiger partial charge in [-0.15, -0.1) is 10.2 Å². The zero-order chi connectivity index (χ0) is 18.5. The van der Waals surface area contributed by atoms with Gasteiger partial charge in [0.05, 0.1) is 6.54 Å². The third kappa shape index (κ3) is 4.42. The summed E-state index contributed by atoms with van der Waals surface area (Å²) in [5.41, 5.74) is 2.77. The third-order valence-electron chi connectivity index (χ3n) is 3.91. The van der Waals surface area contributed by atoms with Crippen LogP contribution in [0.2, 0.25) is 0 Å². The minimum absolute atomic E-state index is 0.204. The van der Waals surface area contributed by atoms with Crippen LogP contribution in [0.1, 0.15) is 26.5 Å². The number of carbonyl (C=O) groups is 1. The fourth-order valence-electron chi connectivity index (χ4n) is 2.58. The molecular formula is C19H16N6OS. The fourth-order valence-corrected chi connectivity index (χ4v) is 3.35. The van der Waals surface area contributed by atoms with Crippen LogP contribution in [0.5, 0.6) is 0 Å². The van der Waals surface area contributed by atoms with E-state index in [2.05, 4.69) is 25.6 Å². The summed E-state index contributed by atoms with van der Waals surface area (Å²) in [6.07, 6.45) is 3.85. The molecule has 7 nitrogen and oxygen atoms in total. The van der Waals surface area contributed by atoms with Crippen molar-refractivity contribution >= 4 is 22.4 Å². The highest BCUT2D eigenvalue weighted by Gasteiger charge is 2.11. The first-order valence-electron chi connectivity index (χ1n) is 8.35. The number of rotatable bonds is 6. The standard InChI is InChI=1S/C19H16N6OS/c26-18(16-8-6-15(7-9-16)11-25-13-20-12-21-25)22-19-24-23-17(27-19)10-14-4-2-1-3-5-14/h1-9,12-13H,10-11H2,(H,22,24,26). The third-order valence-corrected chi connectivity index (χ3v) is 4.75. The van der Waals surface area contributed by atoms with Crippen molar-refractivity contribution in [3.05, 3.63) is 88.9 Å². The summed E-state index contributed by atoms with van der Waals surface area (Å²) in [5, 5.41) is 16.5. The van der Waals surface area contributed by atoms with Gasteiger partial charge >= 0.3 is 0 Å². The van der Waals surface area contributed by atoms with E-state index in [1.807, 2.05) is 42.5 Å². The summed E-state index contributed by atoms with van der Waals surface area (Å²) in [6.45, 7) is 0.612. The van der Waals surface area contributed by atoms with Crippen molar-refractivity contribution in [2.75, 3.05) is 5.32 Å². The van der Waals surface area contributed by atoms with Gasteiger partial charge in [-0.3, -0.25) is 10.1 Å². The molecule has 0 atom stereocenters. The van der Waals surface area contributed by atoms with Crippen LogP contribution in [0.3, 0.4) is 0 Å². The molecule has 0 spiro atoms. The van der Waals surface area contributed by atoms with Gasteiger partial charge in [-0.25, -0.2) is 9.67 Å². The number of hydrogen-bond acceptors (Lipinski definition) is 6. The van der Waals surface area contributed by atoms with Crippen LogP contribution in [0.25, 0.3) is 0 Å². The van der Waals surface area contributed by atoms with Gasteiger partial charge in [0, 0.05) is 12.0 Å². The quantitative estimate of drug-likeness (QED) is 0.559. The maximum Gasteiger partial charge on any atom is 0.257 e. The monoisotopic (exact) mass is 376 g/mol. The van der Waals surface area contributed by atoms with E-state index in [-0.39, 0.29) is 5.91 Å². The number of hydrogen-bond donors (Lipinski definition) is 1. The molecule has 0 unspecified atom stereocenters. The Morgan fingerprint density at radius 3 is 2.56 bits per heavy atom. The summed E-state index contributed by atoms with van der Waals surface area (Å²) >= 11 is 1.38. The maximum atomic E-state index is 12.4. The molecule has 0 bridgehead atoms. The van der Waals surface area contributed by atoms with E-state index in [9.17, 15) is 4.79 Å². The van der Waals surface area contributed by atoms with Gasteiger partial charge in [0.25, 0.3) is 5.91 Å². The lowest BCUT2D eigenvalue weighted by molar-refractivity contribution is 0.102. The van der Waals surface area contributed by atoms with Crippen molar-refractivity contribution in [2.24, 2.45) is 0 Å². The van der Waals surface area contributed by atoms with Gasteiger partial charge in [-0.05, 0) is 23.3 Å². The molecule has 4 aromatic rings. The molecule has 2 heterocycles. The SMILES string of the molecule is O=C(Nc1nnc(Cc2ccccc2)s1)c1ccc(Cn2cncn2)cc1. The second-order valence-electron chi connectivity index (χ2n) is 5.91. The molecule has 2 aromatic carbocycles. The lowest BCUT2D eigenvalue weighted by Gasteiger charge is -2.04. The number of nitrogens with one attached hydrogen (secondary N) is 1. The predicted molar refractivity (Wildman–Crippen MR) is 103 cm³/mol. The first-order valence-corrected chi connectivity index (χ1v) is 9.17. The summed E-state index contributed by atoms with van der Waals surface area (Å²) < 4.78 is 1.73. The van der Waals surface area contributed by atoms with Crippen LogP contribution < -0.4 is 5.32 Å². The lowest BCUT2D eigenvalue weighted by atomic mass is 10.1. The van der Waals surface area contributed by atoms with Crippen LogP contribution in [0, 0.1) is 0 Å². The van der Waals surface area contributed by atoms with Crippen molar-refractivity contribution < 1.29 is 4.79 Å². The molecule has 0 saturated heterocycles. The Bertz CT molecular complexity index is 1010. The zero-order valence-electron chi connectivity index (χ0n) is 14.3. The highest BCUT2D eigenvalue weighted by Crippen LogP contribution is 2.19. The second-order valence-corrected chi connectivity index (χ2v) is 6.97. The molecule has 0 fully saturated rings. The molecule has 0 aliphatic carbocycles. The van der Waals surface area contributed by atoms with Crippen LogP contribution in [-0.4, -0.2) is 30.9 Å². The van der Waals surface area contributed by atoms with Crippen LogP contribution in [0.15, 0.2) is 67.3 Å². The maximum absolute atomic E-state index is 12.4. The molecule has 134 valence electrons. The van der Waals surface area contributed by atoms with E-state index in [0.29, 0.717) is 23.7 Å². The minimum atomic E-state index is -0.204. The van der Waals surface area contributed by atoms with Gasteiger partial charge < -0.3 is 0 Å². The average Bonchev–Trinajstić information content (AvgIpc) is 3.35. The van der Waals surface area contributed by atoms with Crippen LogP contribution in [-0.2, 0) is 13.0 Å². The van der Waals surface area contributed by atoms with Crippen LogP contribution >= 0.6 is 11.3 Å². The first kappa shape index (κ1) is 17.0. The number of aromatic nitrogens is 5. The molecule has 1 amide bonds. The molecule has 0 saturated carbocycles. The minimum Gasteiger partial charge on any atom is -0.296 e. The number of carbonyl (C=O) groups excluding carboxylic acids is 1. The number of amides is 1. The van der Waals surface area contributed by atoms with E-state index >= 15 is 0 Å². The molecular weight excluding hydrogens is 360 g/mol. The largest absolute Gasteiger partial charge is 0.296 e. The molecule has 2 aromatic heterocycles. The summed E-state index contributed by atoms with van der Waals surface area (Å²) in [7, 11) is 0. The summed E-state index contributed by atoms with van der Waals surface area (Å²) in [5.74, 6) is -0.204. The molecule has 1 N–H and O–H groups in total. The number of nitrogens with zero attached hydrogens (tertiary/aromatic N) is 5. The van der Waals surface area contributed by atoms with E-state index in [4.69, 9.17) is 0 Å². The highest BCUT2D eigenvalue weighted by atomic mass is 32.1. The highest BCUT2D eigenvalue weighted by molar-refractivity contribution is 7.15. The molecule has 8 heteroatoms. The van der Waals surface area contributed by atoms with Gasteiger partial charge in [-0.1, -0.05) is 53.8 Å². The van der Waals surface area contributed by atoms with Crippen molar-refractivity contribution in [1.82, 2.24) is 25.0 Å². The zero-order valence-corrected chi connectivity index (χ0v) is 15.1. The summed E-state index contributed by atoms with van der Waals surface area (Å²) in [6, 6.07) is 17.4. The van der Waals surface area contributed by atoms with E-state index in [1.165, 1.54) is 17.7 Å². The molecule has 0 aliphatic heterocycles. The Morgan fingerprint density at radius 1 is 1.00 bits per heavy atom. The number of benzene rings is 2. The predicted octanol–water partition coefficient (Wildman–Crippen LogP) is 3.02. The van der Waals surface area contributed by atoms with Gasteiger partial charge in [0.2, 0.25) is 5.13 Å². The van der Waals surface area contributed by atoms with Crippen molar-refractivity contribution in [1.29, 1.82) is 0 Å². The van der Waals surface area contributed by atoms with Crippen molar-refractivity contribution in [3.63, 3.8) is 0 Å².